The first-order valence-electron chi connectivity index (χ1n) is 5.07. The first-order valence-corrected chi connectivity index (χ1v) is 5.07. The number of ketones is 1. The summed E-state index contributed by atoms with van der Waals surface area (Å²) in [6.45, 7) is -1.31. The molecule has 0 aromatic heterocycles. The molecule has 0 aliphatic carbocycles. The third-order valence-electron chi connectivity index (χ3n) is 2.25. The van der Waals surface area contributed by atoms with Gasteiger partial charge in [-0.2, -0.15) is 14.0 Å². The zero-order valence-corrected chi connectivity index (χ0v) is 9.19. The van der Waals surface area contributed by atoms with Gasteiger partial charge in [-0.3, -0.25) is 4.79 Å². The molecule has 1 atom stereocenters. The number of alkyl halides is 2. The van der Waals surface area contributed by atoms with Crippen LogP contribution in [0.1, 0.15) is 23.7 Å². The summed E-state index contributed by atoms with van der Waals surface area (Å²) >= 11 is 0. The van der Waals surface area contributed by atoms with E-state index in [9.17, 15) is 13.6 Å². The van der Waals surface area contributed by atoms with Crippen LogP contribution in [-0.4, -0.2) is 12.4 Å². The number of hydrogen-bond donors (Lipinski definition) is 0. The van der Waals surface area contributed by atoms with Gasteiger partial charge >= 0.3 is 6.61 Å². The molecule has 1 aromatic rings. The predicted molar refractivity (Wildman–Crippen MR) is 56.8 cm³/mol. The summed E-state index contributed by atoms with van der Waals surface area (Å²) in [5.41, 5.74) is 0.0150. The van der Waals surface area contributed by atoms with Crippen LogP contribution in [0.4, 0.5) is 8.78 Å². The first kappa shape index (κ1) is 13.1. The molecule has 17 heavy (non-hydrogen) atoms. The zero-order valence-electron chi connectivity index (χ0n) is 9.19. The number of Topliss-reactive ketones (excluding diaryl/α,β-unsaturated/α-hetero) is 1. The molecule has 0 fully saturated rings. The Labute approximate surface area is 97.6 Å². The van der Waals surface area contributed by atoms with Gasteiger partial charge in [-0.15, -0.1) is 0 Å². The van der Waals surface area contributed by atoms with Crippen LogP contribution in [0.15, 0.2) is 24.3 Å². The number of para-hydroxylation sites is 1. The molecule has 5 heteroatoms. The van der Waals surface area contributed by atoms with Crippen molar-refractivity contribution in [2.45, 2.75) is 20.0 Å². The molecule has 1 rings (SSSR count). The highest BCUT2D eigenvalue weighted by atomic mass is 19.3. The molecule has 0 aliphatic heterocycles. The van der Waals surface area contributed by atoms with Crippen molar-refractivity contribution in [2.75, 3.05) is 0 Å². The van der Waals surface area contributed by atoms with Crippen LogP contribution < -0.4 is 4.74 Å². The second-order valence-electron chi connectivity index (χ2n) is 3.33. The van der Waals surface area contributed by atoms with Crippen LogP contribution in [0, 0.1) is 17.2 Å². The fourth-order valence-corrected chi connectivity index (χ4v) is 1.39. The molecule has 1 aromatic carbocycles. The normalized spacial score (nSPS) is 11.9. The first-order chi connectivity index (χ1) is 8.10. The molecule has 0 amide bonds. The molecule has 90 valence electrons. The molecular formula is C12H11F2NO2. The predicted octanol–water partition coefficient (Wildman–Crippen LogP) is 3.02. The number of carbonyl (C=O) groups excluding carboxylic acids is 1. The molecule has 0 spiro atoms. The van der Waals surface area contributed by atoms with Crippen molar-refractivity contribution in [2.24, 2.45) is 5.92 Å². The van der Waals surface area contributed by atoms with Crippen molar-refractivity contribution in [1.82, 2.24) is 0 Å². The third kappa shape index (κ3) is 3.25. The fourth-order valence-electron chi connectivity index (χ4n) is 1.39. The lowest BCUT2D eigenvalue weighted by atomic mass is 9.96. The van der Waals surface area contributed by atoms with Crippen LogP contribution in [0.2, 0.25) is 0 Å². The average molecular weight is 239 g/mol. The molecule has 0 aliphatic rings. The van der Waals surface area contributed by atoms with Crippen LogP contribution in [0.3, 0.4) is 0 Å². The molecule has 0 radical (unpaired) electrons. The molecule has 3 nitrogen and oxygen atoms in total. The lowest BCUT2D eigenvalue weighted by molar-refractivity contribution is -0.0501. The van der Waals surface area contributed by atoms with E-state index in [1.54, 1.807) is 6.92 Å². The Hall–Kier alpha value is -1.96. The lowest BCUT2D eigenvalue weighted by Gasteiger charge is -2.11. The largest absolute Gasteiger partial charge is 0.434 e. The number of nitrogens with zero attached hydrogens (tertiary/aromatic N) is 1. The Morgan fingerprint density at radius 1 is 1.47 bits per heavy atom. The van der Waals surface area contributed by atoms with Crippen molar-refractivity contribution in [3.8, 4) is 11.8 Å². The van der Waals surface area contributed by atoms with Gasteiger partial charge in [0.05, 0.1) is 11.6 Å². The zero-order chi connectivity index (χ0) is 12.8. The van der Waals surface area contributed by atoms with Crippen molar-refractivity contribution in [1.29, 1.82) is 5.26 Å². The molecule has 0 saturated carbocycles. The number of halogens is 2. The van der Waals surface area contributed by atoms with Gasteiger partial charge in [-0.1, -0.05) is 19.1 Å². The standard InChI is InChI=1S/C12H11F2NO2/c1-2-8(7-15)11(16)9-5-3-4-6-10(9)17-12(13)14/h3-6,8,12H,2H2,1H3. The van der Waals surface area contributed by atoms with Crippen LogP contribution >= 0.6 is 0 Å². The molecular weight excluding hydrogens is 228 g/mol. The smallest absolute Gasteiger partial charge is 0.387 e. The van der Waals surface area contributed by atoms with E-state index in [0.717, 1.165) is 0 Å². The minimum absolute atomic E-state index is 0.0150. The van der Waals surface area contributed by atoms with Gasteiger partial charge in [0, 0.05) is 0 Å². The number of rotatable bonds is 5. The molecule has 0 saturated heterocycles. The summed E-state index contributed by atoms with van der Waals surface area (Å²) in [7, 11) is 0. The summed E-state index contributed by atoms with van der Waals surface area (Å²) in [5, 5.41) is 8.77. The Morgan fingerprint density at radius 3 is 2.65 bits per heavy atom. The highest BCUT2D eigenvalue weighted by Gasteiger charge is 2.22. The van der Waals surface area contributed by atoms with Gasteiger partial charge in [0.25, 0.3) is 0 Å². The van der Waals surface area contributed by atoms with Gasteiger partial charge in [-0.25, -0.2) is 0 Å². The van der Waals surface area contributed by atoms with Gasteiger partial charge in [0.2, 0.25) is 0 Å². The number of nitriles is 1. The monoisotopic (exact) mass is 239 g/mol. The van der Waals surface area contributed by atoms with Crippen molar-refractivity contribution in [3.63, 3.8) is 0 Å². The Bertz CT molecular complexity index is 440. The highest BCUT2D eigenvalue weighted by molar-refractivity contribution is 6.01. The average Bonchev–Trinajstić information content (AvgIpc) is 2.30. The van der Waals surface area contributed by atoms with Crippen molar-refractivity contribution < 1.29 is 18.3 Å². The van der Waals surface area contributed by atoms with E-state index < -0.39 is 18.3 Å². The summed E-state index contributed by atoms with van der Waals surface area (Å²) < 4.78 is 28.5. The van der Waals surface area contributed by atoms with Gasteiger partial charge in [0.1, 0.15) is 11.7 Å². The highest BCUT2D eigenvalue weighted by Crippen LogP contribution is 2.24. The van der Waals surface area contributed by atoms with Crippen LogP contribution in [0.25, 0.3) is 0 Å². The van der Waals surface area contributed by atoms with Crippen LogP contribution in [0.5, 0.6) is 5.75 Å². The third-order valence-corrected chi connectivity index (χ3v) is 2.25. The molecule has 0 bridgehead atoms. The maximum atomic E-state index is 12.1. The van der Waals surface area contributed by atoms with Crippen molar-refractivity contribution in [3.05, 3.63) is 29.8 Å². The van der Waals surface area contributed by atoms with Gasteiger partial charge < -0.3 is 4.74 Å². The topological polar surface area (TPSA) is 50.1 Å². The van der Waals surface area contributed by atoms with E-state index in [1.807, 2.05) is 6.07 Å². The molecule has 0 N–H and O–H groups in total. The van der Waals surface area contributed by atoms with E-state index >= 15 is 0 Å². The number of ether oxygens (including phenoxy) is 1. The maximum Gasteiger partial charge on any atom is 0.387 e. The Kier molecular flexibility index (Phi) is 4.58. The Morgan fingerprint density at radius 2 is 2.12 bits per heavy atom. The van der Waals surface area contributed by atoms with Crippen LogP contribution in [-0.2, 0) is 0 Å². The minimum Gasteiger partial charge on any atom is -0.434 e. The van der Waals surface area contributed by atoms with E-state index in [0.29, 0.717) is 6.42 Å². The van der Waals surface area contributed by atoms with E-state index in [1.165, 1.54) is 24.3 Å². The minimum atomic E-state index is -2.99. The summed E-state index contributed by atoms with van der Waals surface area (Å²) in [4.78, 5) is 11.9. The quantitative estimate of drug-likeness (QED) is 0.742. The van der Waals surface area contributed by atoms with Gasteiger partial charge in [0.15, 0.2) is 5.78 Å². The van der Waals surface area contributed by atoms with Gasteiger partial charge in [-0.05, 0) is 18.6 Å². The lowest BCUT2D eigenvalue weighted by Crippen LogP contribution is -2.14. The summed E-state index contributed by atoms with van der Waals surface area (Å²) in [6, 6.07) is 7.52. The number of carbonyl (C=O) groups is 1. The van der Waals surface area contributed by atoms with E-state index in [2.05, 4.69) is 4.74 Å². The van der Waals surface area contributed by atoms with E-state index in [-0.39, 0.29) is 11.3 Å². The summed E-state index contributed by atoms with van der Waals surface area (Å²) in [5.74, 6) is -1.52. The Balaban J connectivity index is 3.05. The maximum absolute atomic E-state index is 12.1. The molecule has 0 heterocycles. The second-order valence-corrected chi connectivity index (χ2v) is 3.33. The second kappa shape index (κ2) is 5.94. The number of hydrogen-bond acceptors (Lipinski definition) is 3. The van der Waals surface area contributed by atoms with Crippen molar-refractivity contribution >= 4 is 5.78 Å². The number of benzene rings is 1. The van der Waals surface area contributed by atoms with E-state index in [4.69, 9.17) is 5.26 Å². The molecule has 1 unspecified atom stereocenters. The summed E-state index contributed by atoms with van der Waals surface area (Å²) in [6.07, 6.45) is 0.332. The SMILES string of the molecule is CCC(C#N)C(=O)c1ccccc1OC(F)F. The fraction of sp³-hybridized carbons (Fsp3) is 0.333.